The molecular weight excluding hydrogens is 170 g/mol. The van der Waals surface area contributed by atoms with Crippen LogP contribution in [-0.4, -0.2) is 28.2 Å². The van der Waals surface area contributed by atoms with Crippen LogP contribution in [0.2, 0.25) is 0 Å². The molecule has 1 aliphatic rings. The molecule has 0 bridgehead atoms. The first kappa shape index (κ1) is 7.85. The van der Waals surface area contributed by atoms with Crippen LogP contribution in [0.25, 0.3) is 0 Å². The molecule has 1 aliphatic heterocycles. The third kappa shape index (κ3) is 1.40. The molecular formula is C8H7N3O2. The van der Waals surface area contributed by atoms with E-state index in [1.165, 1.54) is 23.5 Å². The number of nitrogens with zero attached hydrogens (tertiary/aromatic N) is 3. The van der Waals surface area contributed by atoms with Gasteiger partial charge in [0.05, 0.1) is 19.2 Å². The molecule has 5 heteroatoms. The Balaban J connectivity index is 2.28. The predicted molar refractivity (Wildman–Crippen MR) is 44.0 cm³/mol. The van der Waals surface area contributed by atoms with E-state index in [0.717, 1.165) is 0 Å². The average Bonchev–Trinajstić information content (AvgIpc) is 2.47. The molecule has 13 heavy (non-hydrogen) atoms. The number of anilines is 1. The van der Waals surface area contributed by atoms with E-state index in [4.69, 9.17) is 0 Å². The monoisotopic (exact) mass is 177 g/mol. The van der Waals surface area contributed by atoms with Crippen LogP contribution in [0.3, 0.4) is 0 Å². The van der Waals surface area contributed by atoms with Crippen molar-refractivity contribution < 1.29 is 9.59 Å². The molecule has 5 nitrogen and oxygen atoms in total. The second kappa shape index (κ2) is 2.93. The first-order valence-corrected chi connectivity index (χ1v) is 3.85. The lowest BCUT2D eigenvalue weighted by Gasteiger charge is -2.11. The van der Waals surface area contributed by atoms with Gasteiger partial charge in [-0.25, -0.2) is 4.98 Å². The zero-order valence-corrected chi connectivity index (χ0v) is 6.80. The summed E-state index contributed by atoms with van der Waals surface area (Å²) in [5.41, 5.74) is 0. The molecule has 66 valence electrons. The lowest BCUT2D eigenvalue weighted by atomic mass is 10.3. The third-order valence-corrected chi connectivity index (χ3v) is 1.81. The molecule has 1 amide bonds. The second-order valence-corrected chi connectivity index (χ2v) is 2.76. The van der Waals surface area contributed by atoms with Crippen molar-refractivity contribution in [3.8, 4) is 0 Å². The van der Waals surface area contributed by atoms with Crippen LogP contribution in [0.4, 0.5) is 5.82 Å². The number of carbonyl (C=O) groups excluding carboxylic acids is 2. The highest BCUT2D eigenvalue weighted by Crippen LogP contribution is 2.14. The van der Waals surface area contributed by atoms with Gasteiger partial charge in [0.15, 0.2) is 11.6 Å². The Hall–Kier alpha value is -1.78. The second-order valence-electron chi connectivity index (χ2n) is 2.76. The lowest BCUT2D eigenvalue weighted by Crippen LogP contribution is -2.25. The summed E-state index contributed by atoms with van der Waals surface area (Å²) in [4.78, 5) is 31.2. The topological polar surface area (TPSA) is 63.2 Å². The molecule has 0 spiro atoms. The number of aromatic nitrogens is 2. The standard InChI is InChI=1S/C8H7N3O2/c12-6-3-8(13)11(5-6)7-4-9-1-2-10-7/h1-2,4H,3,5H2. The summed E-state index contributed by atoms with van der Waals surface area (Å²) in [6, 6.07) is 0. The molecule has 0 atom stereocenters. The molecule has 0 N–H and O–H groups in total. The molecule has 2 heterocycles. The summed E-state index contributed by atoms with van der Waals surface area (Å²) in [6.45, 7) is 0.123. The van der Waals surface area contributed by atoms with Gasteiger partial charge < -0.3 is 0 Å². The van der Waals surface area contributed by atoms with Gasteiger partial charge in [-0.2, -0.15) is 0 Å². The Morgan fingerprint density at radius 2 is 2.15 bits per heavy atom. The van der Waals surface area contributed by atoms with Crippen molar-refractivity contribution in [2.75, 3.05) is 11.4 Å². The largest absolute Gasteiger partial charge is 0.297 e. The van der Waals surface area contributed by atoms with Crippen molar-refractivity contribution in [2.45, 2.75) is 6.42 Å². The van der Waals surface area contributed by atoms with Gasteiger partial charge in [-0.05, 0) is 0 Å². The molecule has 0 aromatic carbocycles. The van der Waals surface area contributed by atoms with Crippen molar-refractivity contribution in [2.24, 2.45) is 0 Å². The highest BCUT2D eigenvalue weighted by molar-refractivity contribution is 6.14. The van der Waals surface area contributed by atoms with Gasteiger partial charge in [0.2, 0.25) is 5.91 Å². The van der Waals surface area contributed by atoms with Crippen molar-refractivity contribution in [1.29, 1.82) is 0 Å². The van der Waals surface area contributed by atoms with Crippen molar-refractivity contribution >= 4 is 17.5 Å². The highest BCUT2D eigenvalue weighted by Gasteiger charge is 2.29. The van der Waals surface area contributed by atoms with E-state index in [1.54, 1.807) is 0 Å². The van der Waals surface area contributed by atoms with Gasteiger partial charge in [0.25, 0.3) is 0 Å². The predicted octanol–water partition coefficient (Wildman–Crippen LogP) is -0.218. The van der Waals surface area contributed by atoms with Gasteiger partial charge in [-0.3, -0.25) is 19.5 Å². The summed E-state index contributed by atoms with van der Waals surface area (Å²) in [5.74, 6) is 0.166. The van der Waals surface area contributed by atoms with E-state index in [-0.39, 0.29) is 24.7 Å². The smallest absolute Gasteiger partial charge is 0.236 e. The zero-order chi connectivity index (χ0) is 9.26. The Kier molecular flexibility index (Phi) is 1.77. The molecule has 2 rings (SSSR count). The Labute approximate surface area is 74.4 Å². The molecule has 1 fully saturated rings. The first-order valence-electron chi connectivity index (χ1n) is 3.85. The molecule has 1 aromatic heterocycles. The van der Waals surface area contributed by atoms with Crippen LogP contribution in [0.5, 0.6) is 0 Å². The summed E-state index contributed by atoms with van der Waals surface area (Å²) >= 11 is 0. The van der Waals surface area contributed by atoms with E-state index in [9.17, 15) is 9.59 Å². The maximum absolute atomic E-state index is 11.2. The summed E-state index contributed by atoms with van der Waals surface area (Å²) < 4.78 is 0. The Bertz CT molecular complexity index is 350. The lowest BCUT2D eigenvalue weighted by molar-refractivity contribution is -0.121. The minimum atomic E-state index is -0.203. The van der Waals surface area contributed by atoms with Crippen molar-refractivity contribution in [1.82, 2.24) is 9.97 Å². The zero-order valence-electron chi connectivity index (χ0n) is 6.80. The number of carbonyl (C=O) groups is 2. The van der Waals surface area contributed by atoms with Crippen LogP contribution in [-0.2, 0) is 9.59 Å². The van der Waals surface area contributed by atoms with E-state index in [2.05, 4.69) is 9.97 Å². The minimum absolute atomic E-state index is 0.0173. The molecule has 0 aliphatic carbocycles. The van der Waals surface area contributed by atoms with Gasteiger partial charge >= 0.3 is 0 Å². The fourth-order valence-electron chi connectivity index (χ4n) is 1.22. The van der Waals surface area contributed by atoms with Gasteiger partial charge in [0, 0.05) is 12.4 Å². The highest BCUT2D eigenvalue weighted by atomic mass is 16.2. The normalized spacial score (nSPS) is 16.8. The molecule has 1 aromatic rings. The van der Waals surface area contributed by atoms with E-state index in [0.29, 0.717) is 5.82 Å². The van der Waals surface area contributed by atoms with E-state index >= 15 is 0 Å². The number of hydrogen-bond donors (Lipinski definition) is 0. The Morgan fingerprint density at radius 3 is 2.69 bits per heavy atom. The van der Waals surface area contributed by atoms with Crippen LogP contribution >= 0.6 is 0 Å². The van der Waals surface area contributed by atoms with Crippen LogP contribution in [0, 0.1) is 0 Å². The fraction of sp³-hybridized carbons (Fsp3) is 0.250. The van der Waals surface area contributed by atoms with Crippen molar-refractivity contribution in [3.05, 3.63) is 18.6 Å². The number of Topliss-reactive ketones (excluding diaryl/α,β-unsaturated/α-hetero) is 1. The Morgan fingerprint density at radius 1 is 1.31 bits per heavy atom. The quantitative estimate of drug-likeness (QED) is 0.556. The van der Waals surface area contributed by atoms with E-state index in [1.807, 2.05) is 0 Å². The number of hydrogen-bond acceptors (Lipinski definition) is 4. The first-order chi connectivity index (χ1) is 6.27. The third-order valence-electron chi connectivity index (χ3n) is 1.81. The van der Waals surface area contributed by atoms with Gasteiger partial charge in [-0.15, -0.1) is 0 Å². The maximum atomic E-state index is 11.2. The molecule has 0 radical (unpaired) electrons. The van der Waals surface area contributed by atoms with Crippen LogP contribution in [0.15, 0.2) is 18.6 Å². The maximum Gasteiger partial charge on any atom is 0.236 e. The fourth-order valence-corrected chi connectivity index (χ4v) is 1.22. The SMILES string of the molecule is O=C1CC(=O)N(c2cnccn2)C1. The van der Waals surface area contributed by atoms with Crippen molar-refractivity contribution in [3.63, 3.8) is 0 Å². The van der Waals surface area contributed by atoms with Crippen LogP contribution < -0.4 is 4.90 Å². The average molecular weight is 177 g/mol. The van der Waals surface area contributed by atoms with Gasteiger partial charge in [0.1, 0.15) is 0 Å². The number of rotatable bonds is 1. The molecule has 0 saturated carbocycles. The summed E-state index contributed by atoms with van der Waals surface area (Å²) in [7, 11) is 0. The van der Waals surface area contributed by atoms with E-state index < -0.39 is 0 Å². The minimum Gasteiger partial charge on any atom is -0.297 e. The summed E-state index contributed by atoms with van der Waals surface area (Å²) in [5, 5.41) is 0. The molecule has 1 saturated heterocycles. The van der Waals surface area contributed by atoms with Crippen LogP contribution in [0.1, 0.15) is 6.42 Å². The van der Waals surface area contributed by atoms with Gasteiger partial charge in [-0.1, -0.05) is 0 Å². The summed E-state index contributed by atoms with van der Waals surface area (Å²) in [6.07, 6.45) is 4.46. The number of ketones is 1. The number of amides is 1. The molecule has 0 unspecified atom stereocenters.